The average molecular weight is 327 g/mol. The maximum Gasteiger partial charge on any atom is 0.274 e. The number of rotatable bonds is 2. The summed E-state index contributed by atoms with van der Waals surface area (Å²) in [6.45, 7) is 4.12. The highest BCUT2D eigenvalue weighted by Gasteiger charge is 2.24. The van der Waals surface area contributed by atoms with Crippen LogP contribution in [0.25, 0.3) is 11.3 Å². The van der Waals surface area contributed by atoms with Gasteiger partial charge in [0.15, 0.2) is 17.2 Å². The molecule has 0 N–H and O–H groups in total. The molecular formula is C18H21N3O3. The minimum absolute atomic E-state index is 0.0180. The Morgan fingerprint density at radius 3 is 2.71 bits per heavy atom. The second-order valence-corrected chi connectivity index (χ2v) is 6.58. The van der Waals surface area contributed by atoms with Gasteiger partial charge in [-0.05, 0) is 43.0 Å². The van der Waals surface area contributed by atoms with E-state index >= 15 is 0 Å². The topological polar surface area (TPSA) is 56.6 Å². The third kappa shape index (κ3) is 2.62. The number of ether oxygens (including phenoxy) is 2. The average Bonchev–Trinajstić information content (AvgIpc) is 3.20. The van der Waals surface area contributed by atoms with Gasteiger partial charge in [-0.3, -0.25) is 9.48 Å². The van der Waals surface area contributed by atoms with Gasteiger partial charge in [0, 0.05) is 25.7 Å². The van der Waals surface area contributed by atoms with Crippen LogP contribution in [-0.2, 0) is 7.05 Å². The van der Waals surface area contributed by atoms with Crippen molar-refractivity contribution in [2.45, 2.75) is 19.8 Å². The molecule has 0 saturated carbocycles. The summed E-state index contributed by atoms with van der Waals surface area (Å²) < 4.78 is 12.5. The molecule has 126 valence electrons. The summed E-state index contributed by atoms with van der Waals surface area (Å²) in [5, 5.41) is 4.43. The maximum atomic E-state index is 12.7. The van der Waals surface area contributed by atoms with Gasteiger partial charge < -0.3 is 14.4 Å². The Balaban J connectivity index is 1.59. The van der Waals surface area contributed by atoms with Gasteiger partial charge in [0.1, 0.15) is 0 Å². The van der Waals surface area contributed by atoms with Crippen LogP contribution in [0.2, 0.25) is 0 Å². The number of hydrogen-bond acceptors (Lipinski definition) is 4. The van der Waals surface area contributed by atoms with Crippen LogP contribution in [0.4, 0.5) is 0 Å². The van der Waals surface area contributed by atoms with Crippen LogP contribution in [0.15, 0.2) is 24.3 Å². The van der Waals surface area contributed by atoms with E-state index in [4.69, 9.17) is 9.47 Å². The SMILES string of the molecule is CC1CCN(C(=O)c2cc(-c3ccc4c(c3)OCO4)n(C)n2)CC1. The van der Waals surface area contributed by atoms with Crippen molar-refractivity contribution < 1.29 is 14.3 Å². The predicted octanol–water partition coefficient (Wildman–Crippen LogP) is 2.69. The number of hydrogen-bond donors (Lipinski definition) is 0. The summed E-state index contributed by atoms with van der Waals surface area (Å²) in [5.41, 5.74) is 2.35. The number of nitrogens with zero attached hydrogens (tertiary/aromatic N) is 3. The third-order valence-electron chi connectivity index (χ3n) is 4.84. The first-order valence-electron chi connectivity index (χ1n) is 8.35. The Morgan fingerprint density at radius 2 is 1.92 bits per heavy atom. The summed E-state index contributed by atoms with van der Waals surface area (Å²) in [7, 11) is 1.86. The van der Waals surface area contributed by atoms with E-state index in [2.05, 4.69) is 12.0 Å². The van der Waals surface area contributed by atoms with Crippen molar-refractivity contribution in [3.63, 3.8) is 0 Å². The van der Waals surface area contributed by atoms with Gasteiger partial charge >= 0.3 is 0 Å². The standard InChI is InChI=1S/C18H21N3O3/c1-12-5-7-21(8-6-12)18(22)14-10-15(20(2)19-14)13-3-4-16-17(9-13)24-11-23-16/h3-4,9-10,12H,5-8,11H2,1-2H3. The minimum atomic E-state index is 0.0180. The molecule has 2 aliphatic heterocycles. The lowest BCUT2D eigenvalue weighted by Crippen LogP contribution is -2.38. The zero-order valence-corrected chi connectivity index (χ0v) is 14.0. The highest BCUT2D eigenvalue weighted by atomic mass is 16.7. The van der Waals surface area contributed by atoms with E-state index in [9.17, 15) is 4.79 Å². The van der Waals surface area contributed by atoms with Gasteiger partial charge in [-0.15, -0.1) is 0 Å². The Bertz CT molecular complexity index is 776. The monoisotopic (exact) mass is 327 g/mol. The molecule has 6 heteroatoms. The number of likely N-dealkylation sites (tertiary alicyclic amines) is 1. The Hall–Kier alpha value is -2.50. The first kappa shape index (κ1) is 15.1. The van der Waals surface area contributed by atoms with Crippen LogP contribution in [0.1, 0.15) is 30.3 Å². The fraction of sp³-hybridized carbons (Fsp3) is 0.444. The number of amides is 1. The van der Waals surface area contributed by atoms with Crippen LogP contribution < -0.4 is 9.47 Å². The van der Waals surface area contributed by atoms with Crippen LogP contribution >= 0.6 is 0 Å². The molecule has 0 bridgehead atoms. The fourth-order valence-electron chi connectivity index (χ4n) is 3.27. The number of carbonyl (C=O) groups excluding carboxylic acids is 1. The van der Waals surface area contributed by atoms with Gasteiger partial charge in [0.2, 0.25) is 6.79 Å². The number of benzene rings is 1. The van der Waals surface area contributed by atoms with Crippen LogP contribution in [-0.4, -0.2) is 40.5 Å². The molecule has 2 aliphatic rings. The van der Waals surface area contributed by atoms with Crippen molar-refractivity contribution in [1.82, 2.24) is 14.7 Å². The minimum Gasteiger partial charge on any atom is -0.454 e. The zero-order chi connectivity index (χ0) is 16.7. The molecule has 0 atom stereocenters. The third-order valence-corrected chi connectivity index (χ3v) is 4.84. The Kier molecular flexibility index (Phi) is 3.67. The van der Waals surface area contributed by atoms with Gasteiger partial charge in [0.05, 0.1) is 5.69 Å². The lowest BCUT2D eigenvalue weighted by atomic mass is 9.99. The molecule has 0 radical (unpaired) electrons. The number of aromatic nitrogens is 2. The molecule has 0 spiro atoms. The summed E-state index contributed by atoms with van der Waals surface area (Å²) >= 11 is 0. The normalized spacial score (nSPS) is 17.3. The fourth-order valence-corrected chi connectivity index (χ4v) is 3.27. The molecule has 1 aromatic heterocycles. The van der Waals surface area contributed by atoms with E-state index in [0.29, 0.717) is 11.6 Å². The van der Waals surface area contributed by atoms with Crippen LogP contribution in [0.3, 0.4) is 0 Å². The molecule has 2 aromatic rings. The van der Waals surface area contributed by atoms with E-state index in [1.54, 1.807) is 4.68 Å². The molecule has 6 nitrogen and oxygen atoms in total. The molecular weight excluding hydrogens is 306 g/mol. The van der Waals surface area contributed by atoms with Gasteiger partial charge in [-0.2, -0.15) is 5.10 Å². The van der Waals surface area contributed by atoms with Crippen LogP contribution in [0.5, 0.6) is 11.5 Å². The molecule has 0 unspecified atom stereocenters. The molecule has 3 heterocycles. The molecule has 4 rings (SSSR count). The molecule has 24 heavy (non-hydrogen) atoms. The Labute approximate surface area is 141 Å². The second kappa shape index (κ2) is 5.85. The number of piperidine rings is 1. The van der Waals surface area contributed by atoms with Crippen LogP contribution in [0, 0.1) is 5.92 Å². The van der Waals surface area contributed by atoms with Gasteiger partial charge in [-0.25, -0.2) is 0 Å². The highest BCUT2D eigenvalue weighted by Crippen LogP contribution is 2.36. The summed E-state index contributed by atoms with van der Waals surface area (Å²) in [6, 6.07) is 7.63. The van der Waals surface area contributed by atoms with E-state index in [-0.39, 0.29) is 12.7 Å². The number of carbonyl (C=O) groups is 1. The van der Waals surface area contributed by atoms with Gasteiger partial charge in [0.25, 0.3) is 5.91 Å². The van der Waals surface area contributed by atoms with E-state index < -0.39 is 0 Å². The summed E-state index contributed by atoms with van der Waals surface area (Å²) in [4.78, 5) is 14.6. The smallest absolute Gasteiger partial charge is 0.274 e. The van der Waals surface area contributed by atoms with E-state index in [1.165, 1.54) is 0 Å². The largest absolute Gasteiger partial charge is 0.454 e. The predicted molar refractivity (Wildman–Crippen MR) is 89.1 cm³/mol. The van der Waals surface area contributed by atoms with Crippen molar-refractivity contribution >= 4 is 5.91 Å². The van der Waals surface area contributed by atoms with E-state index in [1.807, 2.05) is 36.2 Å². The number of fused-ring (bicyclic) bond motifs is 1. The molecule has 0 aliphatic carbocycles. The lowest BCUT2D eigenvalue weighted by Gasteiger charge is -2.29. The quantitative estimate of drug-likeness (QED) is 0.851. The number of aryl methyl sites for hydroxylation is 1. The zero-order valence-electron chi connectivity index (χ0n) is 14.0. The first-order chi connectivity index (χ1) is 11.6. The van der Waals surface area contributed by atoms with Crippen molar-refractivity contribution in [2.75, 3.05) is 19.9 Å². The second-order valence-electron chi connectivity index (χ2n) is 6.58. The molecule has 1 amide bonds. The molecule has 1 fully saturated rings. The maximum absolute atomic E-state index is 12.7. The van der Waals surface area contributed by atoms with Crippen molar-refractivity contribution in [3.05, 3.63) is 30.0 Å². The molecule has 1 aromatic carbocycles. The van der Waals surface area contributed by atoms with Crippen molar-refractivity contribution in [3.8, 4) is 22.8 Å². The summed E-state index contributed by atoms with van der Waals surface area (Å²) in [6.07, 6.45) is 2.13. The molecule has 1 saturated heterocycles. The first-order valence-corrected chi connectivity index (χ1v) is 8.35. The summed E-state index contributed by atoms with van der Waals surface area (Å²) in [5.74, 6) is 2.19. The highest BCUT2D eigenvalue weighted by molar-refractivity contribution is 5.93. The lowest BCUT2D eigenvalue weighted by molar-refractivity contribution is 0.0690. The van der Waals surface area contributed by atoms with Crippen molar-refractivity contribution in [2.24, 2.45) is 13.0 Å². The van der Waals surface area contributed by atoms with Gasteiger partial charge in [-0.1, -0.05) is 6.92 Å². The van der Waals surface area contributed by atoms with E-state index in [0.717, 1.165) is 48.7 Å². The Morgan fingerprint density at radius 1 is 1.17 bits per heavy atom. The van der Waals surface area contributed by atoms with Crippen molar-refractivity contribution in [1.29, 1.82) is 0 Å².